The third-order valence-electron chi connectivity index (χ3n) is 2.99. The van der Waals surface area contributed by atoms with E-state index in [0.29, 0.717) is 29.4 Å². The summed E-state index contributed by atoms with van der Waals surface area (Å²) in [5.41, 5.74) is 2.58. The number of Topliss-reactive ketones (excluding diaryl/α,β-unsaturated/α-hetero) is 1. The number of carbonyl (C=O) groups excluding carboxylic acids is 1. The number of ketones is 1. The van der Waals surface area contributed by atoms with Crippen LogP contribution in [0.15, 0.2) is 41.9 Å². The normalized spacial score (nSPS) is 8.84. The minimum Gasteiger partial charge on any atom is -0.490 e. The zero-order valence-corrected chi connectivity index (χ0v) is 17.6. The van der Waals surface area contributed by atoms with Crippen molar-refractivity contribution in [1.29, 1.82) is 0 Å². The van der Waals surface area contributed by atoms with Crippen molar-refractivity contribution in [1.82, 2.24) is 0 Å². The molecular formula is C22H36O3. The largest absolute Gasteiger partial charge is 0.490 e. The number of benzene rings is 1. The van der Waals surface area contributed by atoms with Crippen LogP contribution < -0.4 is 4.74 Å². The second-order valence-electron chi connectivity index (χ2n) is 5.24. The minimum absolute atomic E-state index is 0.00938. The molecule has 142 valence electrons. The second kappa shape index (κ2) is 14.3. The van der Waals surface area contributed by atoms with Gasteiger partial charge in [-0.3, -0.25) is 4.79 Å². The fourth-order valence-electron chi connectivity index (χ4n) is 1.82. The molecule has 0 fully saturated rings. The van der Waals surface area contributed by atoms with Gasteiger partial charge in [0.05, 0.1) is 6.61 Å². The molecule has 0 aliphatic heterocycles. The van der Waals surface area contributed by atoms with Gasteiger partial charge in [0.15, 0.2) is 17.3 Å². The molecule has 25 heavy (non-hydrogen) atoms. The van der Waals surface area contributed by atoms with Gasteiger partial charge in [0, 0.05) is 5.56 Å². The van der Waals surface area contributed by atoms with Crippen LogP contribution in [0, 0.1) is 6.92 Å². The Morgan fingerprint density at radius 3 is 2.08 bits per heavy atom. The van der Waals surface area contributed by atoms with Crippen LogP contribution >= 0.6 is 0 Å². The third kappa shape index (κ3) is 9.13. The Morgan fingerprint density at radius 1 is 1.08 bits per heavy atom. The zero-order chi connectivity index (χ0) is 20.0. The molecule has 0 aromatic heterocycles. The molecule has 3 heteroatoms. The Labute approximate surface area is 154 Å². The summed E-state index contributed by atoms with van der Waals surface area (Å²) in [5.74, 6) is 1.78. The van der Waals surface area contributed by atoms with Gasteiger partial charge < -0.3 is 9.47 Å². The Bertz CT molecular complexity index is 565. The van der Waals surface area contributed by atoms with Crippen LogP contribution in [0.25, 0.3) is 0 Å². The predicted molar refractivity (Wildman–Crippen MR) is 108 cm³/mol. The Morgan fingerprint density at radius 2 is 1.64 bits per heavy atom. The number of ether oxygens (including phenoxy) is 2. The molecule has 0 atom stereocenters. The topological polar surface area (TPSA) is 35.5 Å². The van der Waals surface area contributed by atoms with E-state index in [1.807, 2.05) is 61.5 Å². The maximum atomic E-state index is 11.5. The van der Waals surface area contributed by atoms with E-state index in [9.17, 15) is 4.79 Å². The molecule has 0 heterocycles. The summed E-state index contributed by atoms with van der Waals surface area (Å²) in [6.07, 6.45) is 0.920. The molecule has 0 aliphatic carbocycles. The summed E-state index contributed by atoms with van der Waals surface area (Å²) < 4.78 is 11.5. The fraction of sp³-hybridized carbons (Fsp3) is 0.500. The van der Waals surface area contributed by atoms with E-state index in [4.69, 9.17) is 9.47 Å². The van der Waals surface area contributed by atoms with E-state index in [1.165, 1.54) is 6.92 Å². The van der Waals surface area contributed by atoms with Crippen molar-refractivity contribution in [2.24, 2.45) is 0 Å². The van der Waals surface area contributed by atoms with Crippen LogP contribution in [-0.2, 0) is 4.74 Å². The van der Waals surface area contributed by atoms with Gasteiger partial charge in [-0.2, -0.15) is 0 Å². The van der Waals surface area contributed by atoms with E-state index in [0.717, 1.165) is 17.6 Å². The van der Waals surface area contributed by atoms with Gasteiger partial charge in [-0.25, -0.2) is 0 Å². The number of aryl methyl sites for hydroxylation is 1. The maximum absolute atomic E-state index is 11.5. The average molecular weight is 349 g/mol. The lowest BCUT2D eigenvalue weighted by Crippen LogP contribution is -2.06. The van der Waals surface area contributed by atoms with Crippen molar-refractivity contribution in [2.75, 3.05) is 6.61 Å². The van der Waals surface area contributed by atoms with Crippen LogP contribution in [0.1, 0.15) is 77.7 Å². The van der Waals surface area contributed by atoms with Crippen LogP contribution in [0.3, 0.4) is 0 Å². The molecule has 0 spiro atoms. The van der Waals surface area contributed by atoms with Crippen molar-refractivity contribution >= 4 is 5.78 Å². The first-order valence-corrected chi connectivity index (χ1v) is 9.15. The number of allylic oxidation sites excluding steroid dienone is 1. The number of carbonyl (C=O) groups is 1. The summed E-state index contributed by atoms with van der Waals surface area (Å²) in [6, 6.07) is 5.41. The highest BCUT2D eigenvalue weighted by molar-refractivity contribution is 5.94. The highest BCUT2D eigenvalue weighted by Crippen LogP contribution is 2.25. The van der Waals surface area contributed by atoms with Gasteiger partial charge in [0.1, 0.15) is 5.75 Å². The highest BCUT2D eigenvalue weighted by Gasteiger charge is 2.12. The Kier molecular flexibility index (Phi) is 14.4. The summed E-state index contributed by atoms with van der Waals surface area (Å²) in [4.78, 5) is 11.5. The summed E-state index contributed by atoms with van der Waals surface area (Å²) in [7, 11) is 0. The van der Waals surface area contributed by atoms with Crippen molar-refractivity contribution in [3.63, 3.8) is 0 Å². The number of rotatable bonds is 7. The molecule has 3 nitrogen and oxygen atoms in total. The highest BCUT2D eigenvalue weighted by atomic mass is 16.5. The van der Waals surface area contributed by atoms with Crippen LogP contribution in [0.2, 0.25) is 0 Å². The first kappa shape index (κ1) is 25.2. The molecule has 0 amide bonds. The van der Waals surface area contributed by atoms with Crippen molar-refractivity contribution < 1.29 is 14.3 Å². The van der Waals surface area contributed by atoms with Crippen LogP contribution in [-0.4, -0.2) is 12.4 Å². The lowest BCUT2D eigenvalue weighted by Gasteiger charge is -2.16. The fourth-order valence-corrected chi connectivity index (χ4v) is 1.82. The van der Waals surface area contributed by atoms with Gasteiger partial charge in [-0.1, -0.05) is 53.3 Å². The Hall–Kier alpha value is -2.03. The van der Waals surface area contributed by atoms with E-state index in [-0.39, 0.29) is 5.78 Å². The molecule has 0 unspecified atom stereocenters. The quantitative estimate of drug-likeness (QED) is 0.306. The molecule has 0 aliphatic rings. The monoisotopic (exact) mass is 348 g/mol. The maximum Gasteiger partial charge on any atom is 0.162 e. The van der Waals surface area contributed by atoms with Gasteiger partial charge in [0.25, 0.3) is 0 Å². The Balaban J connectivity index is 0. The standard InChI is InChI=1S/C18H24O3.2C2H6/c1-7-10-20-18(12(2)3)15(6)21-17-11-16(14(5)19)9-8-13(17)4;2*1-2/h8-9,11H,6-7,10H2,1-5H3;2*1-2H3. The van der Waals surface area contributed by atoms with Gasteiger partial charge in [-0.05, 0) is 51.3 Å². The smallest absolute Gasteiger partial charge is 0.162 e. The summed E-state index contributed by atoms with van der Waals surface area (Å²) in [6.45, 7) is 22.0. The number of hydrogen-bond donors (Lipinski definition) is 0. The van der Waals surface area contributed by atoms with Crippen molar-refractivity contribution in [3.8, 4) is 5.75 Å². The van der Waals surface area contributed by atoms with Crippen molar-refractivity contribution in [3.05, 3.63) is 53.0 Å². The first-order valence-electron chi connectivity index (χ1n) is 9.15. The summed E-state index contributed by atoms with van der Waals surface area (Å²) in [5, 5.41) is 0. The van der Waals surface area contributed by atoms with Crippen LogP contribution in [0.5, 0.6) is 5.75 Å². The first-order chi connectivity index (χ1) is 11.9. The zero-order valence-electron chi connectivity index (χ0n) is 17.6. The molecule has 1 rings (SSSR count). The molecule has 1 aromatic rings. The van der Waals surface area contributed by atoms with E-state index in [2.05, 4.69) is 6.58 Å². The number of hydrogen-bond acceptors (Lipinski definition) is 3. The van der Waals surface area contributed by atoms with E-state index >= 15 is 0 Å². The van der Waals surface area contributed by atoms with Crippen molar-refractivity contribution in [2.45, 2.75) is 68.7 Å². The van der Waals surface area contributed by atoms with Gasteiger partial charge in [0.2, 0.25) is 0 Å². The molecule has 0 N–H and O–H groups in total. The lowest BCUT2D eigenvalue weighted by molar-refractivity contribution is 0.101. The predicted octanol–water partition coefficient (Wildman–Crippen LogP) is 6.86. The molecule has 0 bridgehead atoms. The molecular weight excluding hydrogens is 312 g/mol. The molecule has 1 aromatic carbocycles. The van der Waals surface area contributed by atoms with E-state index < -0.39 is 0 Å². The van der Waals surface area contributed by atoms with Crippen LogP contribution in [0.4, 0.5) is 0 Å². The van der Waals surface area contributed by atoms with Gasteiger partial charge in [-0.15, -0.1) is 0 Å². The molecule has 0 saturated carbocycles. The van der Waals surface area contributed by atoms with Gasteiger partial charge >= 0.3 is 0 Å². The lowest BCUT2D eigenvalue weighted by atomic mass is 10.1. The second-order valence-corrected chi connectivity index (χ2v) is 5.24. The third-order valence-corrected chi connectivity index (χ3v) is 2.99. The SMILES string of the molecule is C=C(Oc1cc(C(C)=O)ccc1C)C(OCCC)=C(C)C.CC.CC. The molecule has 0 radical (unpaired) electrons. The average Bonchev–Trinajstić information content (AvgIpc) is 2.60. The summed E-state index contributed by atoms with van der Waals surface area (Å²) >= 11 is 0. The molecule has 0 saturated heterocycles. The minimum atomic E-state index is 0.00938. The van der Waals surface area contributed by atoms with E-state index in [1.54, 1.807) is 12.1 Å².